The third-order valence-electron chi connectivity index (χ3n) is 6.94. The molecule has 14 nitrogen and oxygen atoms in total. The van der Waals surface area contributed by atoms with Crippen LogP contribution in [0.1, 0.15) is 19.4 Å². The van der Waals surface area contributed by atoms with Crippen molar-refractivity contribution < 1.29 is 53.7 Å². The van der Waals surface area contributed by atoms with E-state index in [0.29, 0.717) is 10.9 Å². The highest BCUT2D eigenvalue weighted by molar-refractivity contribution is 8.00. The van der Waals surface area contributed by atoms with Gasteiger partial charge in [-0.2, -0.15) is 0 Å². The van der Waals surface area contributed by atoms with Crippen LogP contribution in [0.25, 0.3) is 11.0 Å². The fraction of sp³-hybridized carbons (Fsp3) is 0.577. The summed E-state index contributed by atoms with van der Waals surface area (Å²) in [4.78, 5) is 35.8. The molecule has 2 aliphatic heterocycles. The van der Waals surface area contributed by atoms with Gasteiger partial charge in [0.25, 0.3) is 0 Å². The van der Waals surface area contributed by atoms with E-state index in [1.165, 1.54) is 26.0 Å². The van der Waals surface area contributed by atoms with Gasteiger partial charge in [-0.15, -0.1) is 11.8 Å². The van der Waals surface area contributed by atoms with Gasteiger partial charge >= 0.3 is 5.63 Å². The number of aliphatic hydroxyl groups excluding tert-OH is 5. The van der Waals surface area contributed by atoms with Gasteiger partial charge in [-0.1, -0.05) is 0 Å². The van der Waals surface area contributed by atoms with Crippen LogP contribution < -0.4 is 21.0 Å². The molecular formula is C26H34N2O12S. The smallest absolute Gasteiger partial charge is 0.336 e. The van der Waals surface area contributed by atoms with E-state index in [1.54, 1.807) is 19.1 Å². The normalized spacial score (nSPS) is 33.8. The Labute approximate surface area is 238 Å². The first-order chi connectivity index (χ1) is 19.4. The van der Waals surface area contributed by atoms with Gasteiger partial charge in [0.05, 0.1) is 36.7 Å². The van der Waals surface area contributed by atoms with Gasteiger partial charge in [0.15, 0.2) is 0 Å². The molecule has 226 valence electrons. The molecule has 2 fully saturated rings. The Morgan fingerprint density at radius 2 is 1.59 bits per heavy atom. The molecule has 4 rings (SSSR count). The van der Waals surface area contributed by atoms with Crippen LogP contribution in [-0.2, 0) is 19.1 Å². The second-order valence-electron chi connectivity index (χ2n) is 10.0. The van der Waals surface area contributed by atoms with Crippen molar-refractivity contribution in [2.24, 2.45) is 0 Å². The fourth-order valence-electron chi connectivity index (χ4n) is 4.98. The van der Waals surface area contributed by atoms with Gasteiger partial charge in [-0.25, -0.2) is 4.79 Å². The van der Waals surface area contributed by atoms with Gasteiger partial charge in [-0.05, 0) is 24.6 Å². The molecule has 41 heavy (non-hydrogen) atoms. The lowest BCUT2D eigenvalue weighted by Crippen LogP contribution is -2.67. The largest absolute Gasteiger partial charge is 0.462 e. The van der Waals surface area contributed by atoms with Crippen molar-refractivity contribution in [2.45, 2.75) is 80.4 Å². The number of nitrogens with one attached hydrogen (secondary N) is 2. The summed E-state index contributed by atoms with van der Waals surface area (Å²) in [6.45, 7) is 2.97. The second kappa shape index (κ2) is 13.0. The van der Waals surface area contributed by atoms with Crippen molar-refractivity contribution in [3.8, 4) is 5.75 Å². The molecule has 1 aromatic heterocycles. The SMILES string of the molecule is CC(=O)N[C@@H]1[C@@H](O)[C@H](O)[C@@H](CO)O[C@H]1S[C@H]1[C@H](O)[C@@H](NC(C)=O)[C@H](Oc2ccc3c(C)cc(=O)oc3c2)O[C@@H]1CO. The number of fused-ring (bicyclic) bond motifs is 1. The topological polar surface area (TPSA) is 217 Å². The van der Waals surface area contributed by atoms with Crippen LogP contribution >= 0.6 is 11.8 Å². The van der Waals surface area contributed by atoms with Crippen LogP contribution in [0.15, 0.2) is 33.5 Å². The van der Waals surface area contributed by atoms with Gasteiger partial charge in [-0.3, -0.25) is 9.59 Å². The number of thioether (sulfide) groups is 1. The number of carbonyl (C=O) groups excluding carboxylic acids is 2. The molecule has 0 unspecified atom stereocenters. The monoisotopic (exact) mass is 598 g/mol. The van der Waals surface area contributed by atoms with E-state index in [9.17, 15) is 39.9 Å². The lowest BCUT2D eigenvalue weighted by atomic mass is 9.98. The fourth-order valence-corrected chi connectivity index (χ4v) is 6.55. The first-order valence-electron chi connectivity index (χ1n) is 12.9. The molecule has 0 saturated carbocycles. The number of aliphatic hydroxyl groups is 5. The summed E-state index contributed by atoms with van der Waals surface area (Å²) in [6, 6.07) is 3.78. The zero-order valence-electron chi connectivity index (χ0n) is 22.5. The molecule has 0 aliphatic carbocycles. The van der Waals surface area contributed by atoms with Crippen LogP contribution in [0.2, 0.25) is 0 Å². The number of benzene rings is 1. The molecule has 0 bridgehead atoms. The highest BCUT2D eigenvalue weighted by Crippen LogP contribution is 2.38. The number of hydrogen-bond donors (Lipinski definition) is 7. The van der Waals surface area contributed by atoms with Gasteiger partial charge in [0.1, 0.15) is 41.1 Å². The quantitative estimate of drug-likeness (QED) is 0.166. The number of amides is 2. The summed E-state index contributed by atoms with van der Waals surface area (Å²) < 4.78 is 23.0. The Balaban J connectivity index is 1.61. The molecule has 0 spiro atoms. The summed E-state index contributed by atoms with van der Waals surface area (Å²) in [5.41, 5.74) is -0.693. The van der Waals surface area contributed by atoms with E-state index in [1.807, 2.05) is 0 Å². The molecule has 2 amide bonds. The summed E-state index contributed by atoms with van der Waals surface area (Å²) in [6.07, 6.45) is -8.03. The van der Waals surface area contributed by atoms with Crippen LogP contribution in [0.5, 0.6) is 5.75 Å². The van der Waals surface area contributed by atoms with E-state index >= 15 is 0 Å². The molecule has 2 saturated heterocycles. The average molecular weight is 599 g/mol. The number of rotatable bonds is 8. The average Bonchev–Trinajstić information content (AvgIpc) is 2.90. The predicted octanol–water partition coefficient (Wildman–Crippen LogP) is -1.89. The van der Waals surface area contributed by atoms with E-state index < -0.39 is 90.2 Å². The lowest BCUT2D eigenvalue weighted by molar-refractivity contribution is -0.200. The van der Waals surface area contributed by atoms with Crippen molar-refractivity contribution in [1.29, 1.82) is 0 Å². The van der Waals surface area contributed by atoms with Gasteiger partial charge in [0.2, 0.25) is 18.1 Å². The molecular weight excluding hydrogens is 564 g/mol. The van der Waals surface area contributed by atoms with Crippen molar-refractivity contribution in [3.63, 3.8) is 0 Å². The van der Waals surface area contributed by atoms with Gasteiger partial charge < -0.3 is 54.8 Å². The molecule has 10 atom stereocenters. The van der Waals surface area contributed by atoms with E-state index in [-0.39, 0.29) is 11.3 Å². The highest BCUT2D eigenvalue weighted by Gasteiger charge is 2.51. The van der Waals surface area contributed by atoms with Crippen LogP contribution in [0, 0.1) is 6.92 Å². The first kappa shape index (κ1) is 31.2. The first-order valence-corrected chi connectivity index (χ1v) is 13.9. The Kier molecular flexibility index (Phi) is 9.92. The number of aryl methyl sites for hydroxylation is 1. The minimum Gasteiger partial charge on any atom is -0.462 e. The maximum Gasteiger partial charge on any atom is 0.336 e. The molecule has 3 heterocycles. The standard InChI is InChI=1S/C26H34N2O12S/c1-10-6-18(33)38-15-7-13(4-5-14(10)15)37-25-19(27-11(2)31)23(36)24(17(9-30)39-25)41-26-20(28-12(3)32)22(35)21(34)16(8-29)40-26/h4-7,16-17,19-26,29-30,34-36H,8-9H2,1-3H3,(H,27,31)(H,28,32)/t16-,17-,19-,20-,21-,22-,23-,24-,25-,26+/m1/s1. The van der Waals surface area contributed by atoms with Crippen molar-refractivity contribution in [1.82, 2.24) is 10.6 Å². The zero-order chi connectivity index (χ0) is 30.0. The predicted molar refractivity (Wildman–Crippen MR) is 144 cm³/mol. The van der Waals surface area contributed by atoms with Crippen LogP contribution in [0.3, 0.4) is 0 Å². The third kappa shape index (κ3) is 6.84. The Morgan fingerprint density at radius 1 is 0.927 bits per heavy atom. The molecule has 0 radical (unpaired) electrons. The summed E-state index contributed by atoms with van der Waals surface area (Å²) in [5, 5.41) is 57.0. The zero-order valence-corrected chi connectivity index (χ0v) is 23.3. The Morgan fingerprint density at radius 3 is 2.22 bits per heavy atom. The summed E-state index contributed by atoms with van der Waals surface area (Å²) >= 11 is 0.891. The maximum atomic E-state index is 12.1. The van der Waals surface area contributed by atoms with Crippen molar-refractivity contribution in [3.05, 3.63) is 40.2 Å². The lowest BCUT2D eigenvalue weighted by Gasteiger charge is -2.47. The van der Waals surface area contributed by atoms with E-state index in [4.69, 9.17) is 18.6 Å². The van der Waals surface area contributed by atoms with Crippen molar-refractivity contribution >= 4 is 34.5 Å². The number of ether oxygens (including phenoxy) is 3. The molecule has 1 aromatic carbocycles. The second-order valence-corrected chi connectivity index (χ2v) is 11.3. The summed E-state index contributed by atoms with van der Waals surface area (Å²) in [5.74, 6) is -0.838. The number of hydrogen-bond acceptors (Lipinski definition) is 13. The van der Waals surface area contributed by atoms with Crippen LogP contribution in [-0.4, -0.2) is 110 Å². The Hall–Kier alpha value is -2.76. The van der Waals surface area contributed by atoms with Crippen molar-refractivity contribution in [2.75, 3.05) is 13.2 Å². The van der Waals surface area contributed by atoms with E-state index in [0.717, 1.165) is 11.8 Å². The molecule has 2 aliphatic rings. The Bertz CT molecular complexity index is 1310. The maximum absolute atomic E-state index is 12.1. The van der Waals surface area contributed by atoms with Crippen LogP contribution in [0.4, 0.5) is 0 Å². The third-order valence-corrected chi connectivity index (χ3v) is 8.51. The molecule has 15 heteroatoms. The van der Waals surface area contributed by atoms with E-state index in [2.05, 4.69) is 10.6 Å². The number of carbonyl (C=O) groups is 2. The molecule has 7 N–H and O–H groups in total. The summed E-state index contributed by atoms with van der Waals surface area (Å²) in [7, 11) is 0. The highest BCUT2D eigenvalue weighted by atomic mass is 32.2. The molecule has 2 aromatic rings. The minimum atomic E-state index is -1.52. The minimum absolute atomic E-state index is 0.200. The van der Waals surface area contributed by atoms with Gasteiger partial charge in [0, 0.05) is 31.4 Å².